The second-order valence-electron chi connectivity index (χ2n) is 14.8. The Bertz CT molecular complexity index is 1290. The number of allylic oxidation sites excluding steroid dienone is 1. The Kier molecular flexibility index (Phi) is 10.0. The minimum Gasteiger partial charge on any atom is -0.496 e. The smallest absolute Gasteiger partial charge is 0.308 e. The fourth-order valence-corrected chi connectivity index (χ4v) is 9.29. The molecule has 6 atom stereocenters. The molecule has 2 heterocycles. The number of rotatable bonds is 10. The highest BCUT2D eigenvalue weighted by atomic mass is 28.4. The number of methoxy groups -OCH3 is 1. The number of fused-ring (bicyclic) bond motifs is 3. The van der Waals surface area contributed by atoms with E-state index in [1.165, 1.54) is 19.4 Å². The number of carbonyl (C=O) groups is 2. The van der Waals surface area contributed by atoms with Crippen LogP contribution in [0.3, 0.4) is 0 Å². The summed E-state index contributed by atoms with van der Waals surface area (Å²) in [6, 6.07) is 1.93. The van der Waals surface area contributed by atoms with E-state index in [0.29, 0.717) is 23.7 Å². The first kappa shape index (κ1) is 34.5. The van der Waals surface area contributed by atoms with Gasteiger partial charge in [-0.15, -0.1) is 0 Å². The average molecular weight is 631 g/mol. The van der Waals surface area contributed by atoms with E-state index in [9.17, 15) is 9.59 Å². The number of hydrogen-bond donors (Lipinski definition) is 0. The standard InChI is InChI=1S/C35H54O8Si/c1-13-20(2)31(39-22(4)36)21(3)24-19-28(38-9)25-18-26-27(41-33(25)32(24)40-23(5)37)14-15-30-35(26,8)17-16-29(42-30)34(6,7)43-44(10,11)12/h19-21,29-31H,13-18H2,1-12H3/t20-,21-,29+,30+,31+,35+/m0/s1. The van der Waals surface area contributed by atoms with Crippen LogP contribution in [0.4, 0.5) is 0 Å². The van der Waals surface area contributed by atoms with Gasteiger partial charge in [-0.3, -0.25) is 9.59 Å². The molecular weight excluding hydrogens is 576 g/mol. The van der Waals surface area contributed by atoms with E-state index >= 15 is 0 Å². The van der Waals surface area contributed by atoms with Crippen LogP contribution in [0, 0.1) is 11.3 Å². The first-order valence-electron chi connectivity index (χ1n) is 16.3. The number of hydrogen-bond acceptors (Lipinski definition) is 8. The van der Waals surface area contributed by atoms with Crippen molar-refractivity contribution in [3.8, 4) is 17.2 Å². The van der Waals surface area contributed by atoms with Crippen LogP contribution in [-0.4, -0.2) is 51.3 Å². The van der Waals surface area contributed by atoms with E-state index in [1.54, 1.807) is 7.11 Å². The molecule has 3 aliphatic rings. The van der Waals surface area contributed by atoms with Gasteiger partial charge in [0.2, 0.25) is 0 Å². The Morgan fingerprint density at radius 3 is 2.39 bits per heavy atom. The molecule has 44 heavy (non-hydrogen) atoms. The molecule has 2 aliphatic heterocycles. The Labute approximate surface area is 265 Å². The monoisotopic (exact) mass is 630 g/mol. The average Bonchev–Trinajstić information content (AvgIpc) is 2.92. The van der Waals surface area contributed by atoms with Gasteiger partial charge in [-0.25, -0.2) is 0 Å². The highest BCUT2D eigenvalue weighted by molar-refractivity contribution is 6.69. The van der Waals surface area contributed by atoms with Crippen molar-refractivity contribution in [3.05, 3.63) is 28.5 Å². The lowest BCUT2D eigenvalue weighted by atomic mass is 9.64. The van der Waals surface area contributed by atoms with Crippen molar-refractivity contribution in [1.29, 1.82) is 0 Å². The summed E-state index contributed by atoms with van der Waals surface area (Å²) in [6.07, 6.45) is 4.52. The molecule has 0 radical (unpaired) electrons. The van der Waals surface area contributed by atoms with E-state index in [2.05, 4.69) is 54.3 Å². The topological polar surface area (TPSA) is 89.5 Å². The van der Waals surface area contributed by atoms with Crippen LogP contribution in [0.1, 0.15) is 105 Å². The molecule has 1 aliphatic carbocycles. The molecule has 1 saturated heterocycles. The highest BCUT2D eigenvalue weighted by Gasteiger charge is 2.52. The van der Waals surface area contributed by atoms with Gasteiger partial charge in [0.15, 0.2) is 19.8 Å². The van der Waals surface area contributed by atoms with Crippen molar-refractivity contribution in [2.24, 2.45) is 11.3 Å². The number of carbonyl (C=O) groups excluding carboxylic acids is 2. The summed E-state index contributed by atoms with van der Waals surface area (Å²) in [7, 11) is -0.104. The second kappa shape index (κ2) is 12.8. The lowest BCUT2D eigenvalue weighted by Gasteiger charge is -2.53. The van der Waals surface area contributed by atoms with E-state index in [1.807, 2.05) is 13.0 Å². The van der Waals surface area contributed by atoms with Crippen LogP contribution in [0.5, 0.6) is 17.2 Å². The van der Waals surface area contributed by atoms with E-state index in [4.69, 9.17) is 28.1 Å². The SMILES string of the molecule is CC[C@H](C)[C@@H](OC(C)=O)[C@@H](C)c1cc(OC)c2c(c1OC(C)=O)OC1=C(C2)[C@@]2(C)CC[C@H](C(C)(C)O[Si](C)(C)C)O[C@@H]2CC1. The number of ether oxygens (including phenoxy) is 5. The van der Waals surface area contributed by atoms with Crippen LogP contribution in [0.2, 0.25) is 19.6 Å². The predicted octanol–water partition coefficient (Wildman–Crippen LogP) is 7.87. The fourth-order valence-electron chi connectivity index (χ4n) is 7.58. The summed E-state index contributed by atoms with van der Waals surface area (Å²) in [5, 5.41) is 0. The Morgan fingerprint density at radius 2 is 1.82 bits per heavy atom. The second-order valence-corrected chi connectivity index (χ2v) is 19.2. The zero-order chi connectivity index (χ0) is 32.8. The molecule has 1 fully saturated rings. The van der Waals surface area contributed by atoms with Crippen molar-refractivity contribution < 1.29 is 37.7 Å². The van der Waals surface area contributed by atoms with Gasteiger partial charge in [0, 0.05) is 49.1 Å². The first-order chi connectivity index (χ1) is 20.4. The highest BCUT2D eigenvalue weighted by Crippen LogP contribution is 2.57. The molecule has 1 aromatic rings. The normalized spacial score (nSPS) is 25.5. The minimum absolute atomic E-state index is 0.0241. The molecule has 0 amide bonds. The molecular formula is C35H54O8Si. The molecule has 0 spiro atoms. The predicted molar refractivity (Wildman–Crippen MR) is 173 cm³/mol. The maximum absolute atomic E-state index is 12.5. The van der Waals surface area contributed by atoms with Gasteiger partial charge < -0.3 is 28.1 Å². The van der Waals surface area contributed by atoms with Gasteiger partial charge in [-0.2, -0.15) is 0 Å². The quantitative estimate of drug-likeness (QED) is 0.147. The molecule has 0 saturated carbocycles. The Hall–Kier alpha value is -2.36. The number of esters is 2. The number of benzene rings is 1. The summed E-state index contributed by atoms with van der Waals surface area (Å²) in [5.41, 5.74) is 2.25. The molecule has 246 valence electrons. The third-order valence-corrected chi connectivity index (χ3v) is 11.0. The third kappa shape index (κ3) is 6.90. The summed E-state index contributed by atoms with van der Waals surface area (Å²) >= 11 is 0. The largest absolute Gasteiger partial charge is 0.496 e. The molecule has 0 unspecified atom stereocenters. The van der Waals surface area contributed by atoms with Crippen molar-refractivity contribution in [2.75, 3.05) is 7.11 Å². The first-order valence-corrected chi connectivity index (χ1v) is 19.7. The minimum atomic E-state index is -1.75. The molecule has 8 nitrogen and oxygen atoms in total. The molecule has 4 rings (SSSR count). The maximum Gasteiger partial charge on any atom is 0.308 e. The molecule has 0 aromatic heterocycles. The van der Waals surface area contributed by atoms with Gasteiger partial charge in [0.05, 0.1) is 24.9 Å². The lowest BCUT2D eigenvalue weighted by molar-refractivity contribution is -0.176. The maximum atomic E-state index is 12.5. The van der Waals surface area contributed by atoms with Gasteiger partial charge in [-0.05, 0) is 70.3 Å². The summed E-state index contributed by atoms with van der Waals surface area (Å²) in [6.45, 7) is 22.2. The van der Waals surface area contributed by atoms with Gasteiger partial charge in [-0.1, -0.05) is 34.1 Å². The van der Waals surface area contributed by atoms with Gasteiger partial charge in [0.1, 0.15) is 17.6 Å². The third-order valence-electron chi connectivity index (χ3n) is 9.83. The fraction of sp³-hybridized carbons (Fsp3) is 0.714. The van der Waals surface area contributed by atoms with Crippen LogP contribution in [0.25, 0.3) is 0 Å². The van der Waals surface area contributed by atoms with Crippen LogP contribution in [0.15, 0.2) is 17.4 Å². The van der Waals surface area contributed by atoms with Gasteiger partial charge in [0.25, 0.3) is 0 Å². The van der Waals surface area contributed by atoms with Crippen molar-refractivity contribution in [3.63, 3.8) is 0 Å². The van der Waals surface area contributed by atoms with Crippen LogP contribution < -0.4 is 14.2 Å². The summed E-state index contributed by atoms with van der Waals surface area (Å²) in [5.74, 6) is 1.52. The lowest BCUT2D eigenvalue weighted by Crippen LogP contribution is -2.55. The van der Waals surface area contributed by atoms with Crippen LogP contribution in [-0.2, 0) is 29.9 Å². The zero-order valence-electron chi connectivity index (χ0n) is 29.0. The zero-order valence-corrected chi connectivity index (χ0v) is 30.0. The van der Waals surface area contributed by atoms with E-state index < -0.39 is 20.4 Å². The van der Waals surface area contributed by atoms with Crippen LogP contribution >= 0.6 is 0 Å². The molecule has 0 bridgehead atoms. The van der Waals surface area contributed by atoms with E-state index in [-0.39, 0.29) is 41.0 Å². The summed E-state index contributed by atoms with van der Waals surface area (Å²) in [4.78, 5) is 24.5. The van der Waals surface area contributed by atoms with E-state index in [0.717, 1.165) is 49.0 Å². The Balaban J connectivity index is 1.73. The van der Waals surface area contributed by atoms with Crippen molar-refractivity contribution in [1.82, 2.24) is 0 Å². The Morgan fingerprint density at radius 1 is 1.14 bits per heavy atom. The molecule has 9 heteroatoms. The summed E-state index contributed by atoms with van der Waals surface area (Å²) < 4.78 is 37.9. The molecule has 0 N–H and O–H groups in total. The molecule has 1 aromatic carbocycles. The van der Waals surface area contributed by atoms with Crippen molar-refractivity contribution in [2.45, 2.75) is 143 Å². The van der Waals surface area contributed by atoms with Gasteiger partial charge >= 0.3 is 11.9 Å². The van der Waals surface area contributed by atoms with Crippen molar-refractivity contribution >= 4 is 20.3 Å².